The van der Waals surface area contributed by atoms with Crippen LogP contribution in [0, 0.1) is 17.8 Å². The molecule has 0 amide bonds. The lowest BCUT2D eigenvalue weighted by Gasteiger charge is -2.50. The molecule has 3 aliphatic carbocycles. The first-order valence-electron chi connectivity index (χ1n) is 25.0. The number of hydrogen-bond acceptors (Lipinski definition) is 4. The summed E-state index contributed by atoms with van der Waals surface area (Å²) in [5.74, 6) is 4.32. The first-order valence-corrected chi connectivity index (χ1v) is 25.0. The topological polar surface area (TPSA) is 51.8 Å². The highest BCUT2D eigenvalue weighted by atomic mass is 16.3. The summed E-state index contributed by atoms with van der Waals surface area (Å²) in [6, 6.07) is 66.0. The molecular weight excluding hydrogens is 839 g/mol. The summed E-state index contributed by atoms with van der Waals surface area (Å²) in [7, 11) is 0. The Morgan fingerprint density at radius 2 is 0.957 bits per heavy atom. The van der Waals surface area contributed by atoms with Crippen molar-refractivity contribution in [1.82, 2.24) is 15.0 Å². The van der Waals surface area contributed by atoms with Crippen LogP contribution in [0.2, 0.25) is 0 Å². The Hall–Kier alpha value is -7.43. The molecule has 0 saturated heterocycles. The van der Waals surface area contributed by atoms with E-state index in [-0.39, 0.29) is 5.41 Å². The molecule has 10 aromatic rings. The van der Waals surface area contributed by atoms with Gasteiger partial charge in [-0.1, -0.05) is 173 Å². The van der Waals surface area contributed by atoms with E-state index in [1.165, 1.54) is 65.5 Å². The minimum atomic E-state index is -0.175. The van der Waals surface area contributed by atoms with Crippen LogP contribution >= 0.6 is 0 Å². The summed E-state index contributed by atoms with van der Waals surface area (Å²) in [5, 5.41) is 2.03. The fourth-order valence-corrected chi connectivity index (χ4v) is 13.2. The number of para-hydroxylation sites is 1. The normalized spacial score (nSPS) is 20.2. The summed E-state index contributed by atoms with van der Waals surface area (Å²) in [4.78, 5) is 16.1. The largest absolute Gasteiger partial charge is 0.456 e. The van der Waals surface area contributed by atoms with Crippen molar-refractivity contribution >= 4 is 21.9 Å². The number of benzene rings is 8. The zero-order valence-corrected chi connectivity index (χ0v) is 39.8. The predicted molar refractivity (Wildman–Crippen MR) is 284 cm³/mol. The van der Waals surface area contributed by atoms with E-state index < -0.39 is 0 Å². The van der Waals surface area contributed by atoms with Gasteiger partial charge in [-0.15, -0.1) is 0 Å². The molecule has 3 aliphatic rings. The average Bonchev–Trinajstić information content (AvgIpc) is 3.87. The molecule has 4 heteroatoms. The van der Waals surface area contributed by atoms with Crippen LogP contribution in [0.5, 0.6) is 0 Å². The lowest BCUT2D eigenvalue weighted by Crippen LogP contribution is -2.42. The highest BCUT2D eigenvalue weighted by Crippen LogP contribution is 2.54. The Morgan fingerprint density at radius 3 is 1.70 bits per heavy atom. The van der Waals surface area contributed by atoms with Crippen LogP contribution in [0.4, 0.5) is 0 Å². The predicted octanol–water partition coefficient (Wildman–Crippen LogP) is 17.2. The minimum absolute atomic E-state index is 0.175. The molecule has 336 valence electrons. The summed E-state index contributed by atoms with van der Waals surface area (Å²) >= 11 is 0. The van der Waals surface area contributed by atoms with Crippen molar-refractivity contribution in [3.63, 3.8) is 0 Å². The van der Waals surface area contributed by atoms with E-state index in [1.54, 1.807) is 5.56 Å². The lowest BCUT2D eigenvalue weighted by atomic mass is 9.54. The van der Waals surface area contributed by atoms with Gasteiger partial charge >= 0.3 is 0 Å². The van der Waals surface area contributed by atoms with E-state index in [2.05, 4.69) is 185 Å². The molecule has 4 nitrogen and oxygen atoms in total. The Balaban J connectivity index is 0.930. The van der Waals surface area contributed by atoms with Crippen LogP contribution in [0.25, 0.3) is 101 Å². The number of aromatic nitrogens is 3. The maximum atomic E-state index is 6.39. The van der Waals surface area contributed by atoms with Crippen LogP contribution in [-0.4, -0.2) is 15.0 Å². The molecule has 2 heterocycles. The second-order valence-corrected chi connectivity index (χ2v) is 21.3. The van der Waals surface area contributed by atoms with Crippen LogP contribution < -0.4 is 0 Å². The van der Waals surface area contributed by atoms with Gasteiger partial charge in [0.1, 0.15) is 11.2 Å². The highest BCUT2D eigenvalue weighted by molar-refractivity contribution is 6.11. The van der Waals surface area contributed by atoms with Gasteiger partial charge in [0.25, 0.3) is 0 Å². The Bertz CT molecular complexity index is 3580. The minimum Gasteiger partial charge on any atom is -0.456 e. The SMILES string of the molecule is CC1CC2CC(C)CC(c3ccc(-c4ccc(-c5cc(-c6ccccc6)cc(-c6nc(-c7ccc8c(c7)C(C)(C)c7ccccc7-8)nc(-c7cccc8oc9ccccc9c78)n6)c5)cc4)cc3)(C1)C2. The van der Waals surface area contributed by atoms with Gasteiger partial charge in [-0.2, -0.15) is 0 Å². The number of fused-ring (bicyclic) bond motifs is 8. The highest BCUT2D eigenvalue weighted by Gasteiger charge is 2.45. The van der Waals surface area contributed by atoms with Gasteiger partial charge in [-0.05, 0) is 153 Å². The first kappa shape index (κ1) is 41.7. The van der Waals surface area contributed by atoms with Crippen LogP contribution in [0.1, 0.15) is 76.5 Å². The molecule has 69 heavy (non-hydrogen) atoms. The molecule has 2 unspecified atom stereocenters. The zero-order chi connectivity index (χ0) is 46.4. The molecule has 2 fully saturated rings. The molecule has 0 N–H and O–H groups in total. The summed E-state index contributed by atoms with van der Waals surface area (Å²) in [5.41, 5.74) is 18.2. The first-order chi connectivity index (χ1) is 33.7. The fourth-order valence-electron chi connectivity index (χ4n) is 13.2. The van der Waals surface area contributed by atoms with Gasteiger partial charge in [-0.25, -0.2) is 15.0 Å². The molecular formula is C65H55N3O. The Kier molecular flexibility index (Phi) is 9.73. The van der Waals surface area contributed by atoms with Crippen molar-refractivity contribution in [2.75, 3.05) is 0 Å². The fraction of sp³-hybridized carbons (Fsp3) is 0.215. The summed E-state index contributed by atoms with van der Waals surface area (Å²) in [6.07, 6.45) is 6.78. The van der Waals surface area contributed by atoms with Crippen LogP contribution in [0.3, 0.4) is 0 Å². The number of rotatable bonds is 7. The average molecular weight is 894 g/mol. The van der Waals surface area contributed by atoms with Gasteiger partial charge < -0.3 is 4.42 Å². The van der Waals surface area contributed by atoms with E-state index in [1.807, 2.05) is 24.3 Å². The molecule has 2 bridgehead atoms. The van der Waals surface area contributed by atoms with Crippen molar-refractivity contribution in [2.24, 2.45) is 17.8 Å². The second kappa shape index (κ2) is 16.1. The molecule has 0 aliphatic heterocycles. The monoisotopic (exact) mass is 893 g/mol. The van der Waals surface area contributed by atoms with Crippen molar-refractivity contribution in [3.05, 3.63) is 199 Å². The maximum absolute atomic E-state index is 6.39. The Morgan fingerprint density at radius 1 is 0.420 bits per heavy atom. The van der Waals surface area contributed by atoms with Crippen molar-refractivity contribution in [1.29, 1.82) is 0 Å². The van der Waals surface area contributed by atoms with Crippen molar-refractivity contribution in [3.8, 4) is 78.7 Å². The molecule has 8 aromatic carbocycles. The van der Waals surface area contributed by atoms with Crippen molar-refractivity contribution < 1.29 is 4.42 Å². The quantitative estimate of drug-likeness (QED) is 0.160. The van der Waals surface area contributed by atoms with Gasteiger partial charge in [-0.3, -0.25) is 0 Å². The van der Waals surface area contributed by atoms with Crippen molar-refractivity contribution in [2.45, 2.75) is 70.6 Å². The van der Waals surface area contributed by atoms with E-state index in [4.69, 9.17) is 19.4 Å². The van der Waals surface area contributed by atoms with E-state index >= 15 is 0 Å². The third-order valence-corrected chi connectivity index (χ3v) is 16.1. The second-order valence-electron chi connectivity index (χ2n) is 21.3. The molecule has 2 saturated carbocycles. The lowest BCUT2D eigenvalue weighted by molar-refractivity contribution is 0.0780. The van der Waals surface area contributed by atoms with Gasteiger partial charge in [0, 0.05) is 32.9 Å². The molecule has 13 rings (SSSR count). The molecule has 0 spiro atoms. The van der Waals surface area contributed by atoms with E-state index in [9.17, 15) is 0 Å². The Labute approximate surface area is 405 Å². The van der Waals surface area contributed by atoms with E-state index in [0.717, 1.165) is 78.6 Å². The number of nitrogens with zero attached hydrogens (tertiary/aromatic N) is 3. The van der Waals surface area contributed by atoms with Gasteiger partial charge in [0.15, 0.2) is 17.5 Å². The maximum Gasteiger partial charge on any atom is 0.164 e. The molecule has 2 aromatic heterocycles. The van der Waals surface area contributed by atoms with Crippen LogP contribution in [-0.2, 0) is 10.8 Å². The van der Waals surface area contributed by atoms with E-state index in [0.29, 0.717) is 22.9 Å². The van der Waals surface area contributed by atoms with Crippen LogP contribution in [0.15, 0.2) is 186 Å². The number of furan rings is 1. The van der Waals surface area contributed by atoms with Gasteiger partial charge in [0.05, 0.1) is 0 Å². The smallest absolute Gasteiger partial charge is 0.164 e. The number of hydrogen-bond donors (Lipinski definition) is 0. The zero-order valence-electron chi connectivity index (χ0n) is 39.8. The third-order valence-electron chi connectivity index (χ3n) is 16.1. The molecule has 2 atom stereocenters. The summed E-state index contributed by atoms with van der Waals surface area (Å²) < 4.78 is 6.39. The standard InChI is InChI=1S/C65H55N3O/c1-40-31-42-32-41(2)38-65(37-40,39-42)51-28-25-45(26-29-51)44-21-23-46(24-22-44)49-33-48(43-13-6-5-7-14-43)34-50(35-49)62-66-61(47-27-30-53-52-15-8-10-18-56(52)64(3,4)57(53)36-47)67-63(68-62)55-17-12-20-59-60(55)54-16-9-11-19-58(54)69-59/h5-30,33-36,40-42H,31-32,37-39H2,1-4H3. The summed E-state index contributed by atoms with van der Waals surface area (Å²) in [6.45, 7) is 9.59. The third kappa shape index (κ3) is 7.14. The molecule has 0 radical (unpaired) electrons. The van der Waals surface area contributed by atoms with Gasteiger partial charge in [0.2, 0.25) is 0 Å².